The molecule has 0 saturated carbocycles. The quantitative estimate of drug-likeness (QED) is 0.313. The summed E-state index contributed by atoms with van der Waals surface area (Å²) in [5, 5.41) is 9.35. The van der Waals surface area contributed by atoms with Gasteiger partial charge in [0.1, 0.15) is 5.82 Å². The fraction of sp³-hybridized carbons (Fsp3) is 0.318. The van der Waals surface area contributed by atoms with E-state index in [-0.39, 0.29) is 11.5 Å². The smallest absolute Gasteiger partial charge is 0.191 e. The number of para-hydroxylation sites is 1. The summed E-state index contributed by atoms with van der Waals surface area (Å²) in [4.78, 5) is 15.5. The van der Waals surface area contributed by atoms with E-state index in [2.05, 4.69) is 22.5 Å². The van der Waals surface area contributed by atoms with Crippen molar-refractivity contribution >= 4 is 51.5 Å². The van der Waals surface area contributed by atoms with Crippen molar-refractivity contribution in [2.24, 2.45) is 0 Å². The summed E-state index contributed by atoms with van der Waals surface area (Å²) in [6.45, 7) is 3.71. The molecule has 0 radical (unpaired) electrons. The summed E-state index contributed by atoms with van der Waals surface area (Å²) in [7, 11) is 0. The predicted octanol–water partition coefficient (Wildman–Crippen LogP) is 6.13. The second kappa shape index (κ2) is 8.57. The van der Waals surface area contributed by atoms with Gasteiger partial charge in [-0.3, -0.25) is 4.79 Å². The molecule has 3 N–H and O–H groups in total. The summed E-state index contributed by atoms with van der Waals surface area (Å²) in [6, 6.07) is 11.0. The normalized spacial score (nSPS) is 18.2. The van der Waals surface area contributed by atoms with Crippen LogP contribution in [0, 0.1) is 0 Å². The third-order valence-corrected chi connectivity index (χ3v) is 6.59. The second-order valence-electron chi connectivity index (χ2n) is 7.50. The van der Waals surface area contributed by atoms with Crippen molar-refractivity contribution in [2.45, 2.75) is 31.7 Å². The van der Waals surface area contributed by atoms with E-state index in [1.54, 1.807) is 12.1 Å². The Morgan fingerprint density at radius 2 is 1.86 bits per heavy atom. The molecule has 0 amide bonds. The van der Waals surface area contributed by atoms with Crippen molar-refractivity contribution in [2.75, 3.05) is 18.4 Å². The van der Waals surface area contributed by atoms with Crippen LogP contribution < -0.4 is 16.1 Å². The molecule has 2 atom stereocenters. The van der Waals surface area contributed by atoms with Crippen LogP contribution in [0.2, 0.25) is 15.1 Å². The molecule has 3 aromatic rings. The molecule has 7 heteroatoms. The first-order chi connectivity index (χ1) is 14.0. The van der Waals surface area contributed by atoms with Crippen molar-refractivity contribution in [1.29, 1.82) is 0 Å². The molecule has 4 rings (SSSR count). The molecule has 2 aromatic carbocycles. The van der Waals surface area contributed by atoms with E-state index in [1.807, 2.05) is 24.3 Å². The van der Waals surface area contributed by atoms with Gasteiger partial charge < -0.3 is 15.6 Å². The van der Waals surface area contributed by atoms with Gasteiger partial charge in [-0.05, 0) is 54.6 Å². The molecule has 29 heavy (non-hydrogen) atoms. The topological polar surface area (TPSA) is 56.9 Å². The Labute approximate surface area is 184 Å². The highest BCUT2D eigenvalue weighted by molar-refractivity contribution is 6.44. The van der Waals surface area contributed by atoms with E-state index in [0.717, 1.165) is 48.4 Å². The van der Waals surface area contributed by atoms with Gasteiger partial charge in [-0.25, -0.2) is 0 Å². The maximum atomic E-state index is 12.2. The van der Waals surface area contributed by atoms with Crippen LogP contribution in [-0.2, 0) is 0 Å². The Kier molecular flexibility index (Phi) is 6.07. The average Bonchev–Trinajstić information content (AvgIpc) is 3.03. The summed E-state index contributed by atoms with van der Waals surface area (Å²) >= 11 is 19.1. The van der Waals surface area contributed by atoms with Gasteiger partial charge in [0.25, 0.3) is 0 Å². The summed E-state index contributed by atoms with van der Waals surface area (Å²) in [5.74, 6) is 1.07. The summed E-state index contributed by atoms with van der Waals surface area (Å²) in [6.07, 6.45) is 1.83. The third kappa shape index (κ3) is 4.13. The van der Waals surface area contributed by atoms with Gasteiger partial charge in [0.05, 0.1) is 15.6 Å². The van der Waals surface area contributed by atoms with E-state index in [0.29, 0.717) is 26.4 Å². The Hall–Kier alpha value is -1.72. The standard InChI is InChI=1S/C22H22Cl3N3O/c1-12-9-17(21-20(12)14(23)10-15(24)22(21)25)26-7-4-8-27-19-11-18(29)13-5-2-3-6-16(13)28-19/h2-3,5-6,10-12,17,26H,4,7-9H2,1H3,(H2,27,28,29). The van der Waals surface area contributed by atoms with Crippen molar-refractivity contribution in [1.82, 2.24) is 10.3 Å². The van der Waals surface area contributed by atoms with Gasteiger partial charge in [-0.1, -0.05) is 53.9 Å². The van der Waals surface area contributed by atoms with Gasteiger partial charge in [0.2, 0.25) is 0 Å². The molecule has 0 saturated heterocycles. The zero-order valence-corrected chi connectivity index (χ0v) is 18.3. The third-order valence-electron chi connectivity index (χ3n) is 5.47. The molecule has 0 spiro atoms. The lowest BCUT2D eigenvalue weighted by Gasteiger charge is -2.17. The number of benzene rings is 2. The number of nitrogens with one attached hydrogen (secondary N) is 3. The van der Waals surface area contributed by atoms with Crippen molar-refractivity contribution in [3.8, 4) is 0 Å². The summed E-state index contributed by atoms with van der Waals surface area (Å²) in [5.41, 5.74) is 2.98. The highest BCUT2D eigenvalue weighted by Crippen LogP contribution is 2.49. The number of aromatic nitrogens is 1. The first-order valence-corrected chi connectivity index (χ1v) is 10.9. The van der Waals surface area contributed by atoms with Crippen LogP contribution in [0.1, 0.15) is 42.9 Å². The fourth-order valence-electron chi connectivity index (χ4n) is 4.12. The Morgan fingerprint density at radius 3 is 2.69 bits per heavy atom. The van der Waals surface area contributed by atoms with E-state index >= 15 is 0 Å². The lowest BCUT2D eigenvalue weighted by molar-refractivity contribution is 0.502. The van der Waals surface area contributed by atoms with E-state index in [4.69, 9.17) is 34.8 Å². The number of halogens is 3. The zero-order valence-electron chi connectivity index (χ0n) is 16.0. The van der Waals surface area contributed by atoms with Gasteiger partial charge in [0, 0.05) is 29.1 Å². The van der Waals surface area contributed by atoms with Crippen molar-refractivity contribution in [3.05, 3.63) is 72.8 Å². The van der Waals surface area contributed by atoms with Crippen LogP contribution >= 0.6 is 34.8 Å². The molecule has 2 unspecified atom stereocenters. The van der Waals surface area contributed by atoms with Gasteiger partial charge >= 0.3 is 0 Å². The van der Waals surface area contributed by atoms with E-state index < -0.39 is 0 Å². The largest absolute Gasteiger partial charge is 0.371 e. The molecular weight excluding hydrogens is 429 g/mol. The predicted molar refractivity (Wildman–Crippen MR) is 123 cm³/mol. The van der Waals surface area contributed by atoms with Crippen molar-refractivity contribution < 1.29 is 0 Å². The Bertz CT molecular complexity index is 1110. The highest BCUT2D eigenvalue weighted by atomic mass is 35.5. The molecule has 1 heterocycles. The van der Waals surface area contributed by atoms with Crippen LogP contribution in [0.4, 0.5) is 5.82 Å². The average molecular weight is 451 g/mol. The first kappa shape index (κ1) is 20.5. The number of H-pyrrole nitrogens is 1. The van der Waals surface area contributed by atoms with Crippen LogP contribution in [-0.4, -0.2) is 18.1 Å². The monoisotopic (exact) mass is 449 g/mol. The second-order valence-corrected chi connectivity index (χ2v) is 8.69. The molecule has 0 bridgehead atoms. The fourth-order valence-corrected chi connectivity index (χ4v) is 5.08. The Morgan fingerprint density at radius 1 is 1.07 bits per heavy atom. The summed E-state index contributed by atoms with van der Waals surface area (Å²) < 4.78 is 0. The number of pyridine rings is 1. The molecule has 152 valence electrons. The minimum Gasteiger partial charge on any atom is -0.371 e. The van der Waals surface area contributed by atoms with Crippen LogP contribution in [0.25, 0.3) is 10.9 Å². The number of hydrogen-bond acceptors (Lipinski definition) is 3. The lowest BCUT2D eigenvalue weighted by Crippen LogP contribution is -2.23. The molecule has 1 aliphatic rings. The Balaban J connectivity index is 1.35. The van der Waals surface area contributed by atoms with E-state index in [9.17, 15) is 4.79 Å². The first-order valence-electron chi connectivity index (χ1n) is 9.72. The number of fused-ring (bicyclic) bond motifs is 2. The molecular formula is C22H22Cl3N3O. The van der Waals surface area contributed by atoms with Crippen LogP contribution in [0.3, 0.4) is 0 Å². The SMILES string of the molecule is CC1CC(NCCCNc2cc(=O)c3ccccc3[nH]2)c2c(Cl)c(Cl)cc(Cl)c21. The maximum absolute atomic E-state index is 12.2. The van der Waals surface area contributed by atoms with E-state index in [1.165, 1.54) is 0 Å². The molecule has 0 fully saturated rings. The molecule has 1 aliphatic carbocycles. The number of rotatable bonds is 6. The van der Waals surface area contributed by atoms with Gasteiger partial charge in [-0.2, -0.15) is 0 Å². The van der Waals surface area contributed by atoms with Gasteiger partial charge in [-0.15, -0.1) is 0 Å². The van der Waals surface area contributed by atoms with Crippen LogP contribution in [0.5, 0.6) is 0 Å². The van der Waals surface area contributed by atoms with Crippen molar-refractivity contribution in [3.63, 3.8) is 0 Å². The maximum Gasteiger partial charge on any atom is 0.191 e. The molecule has 4 nitrogen and oxygen atoms in total. The highest BCUT2D eigenvalue weighted by Gasteiger charge is 2.33. The number of aromatic amines is 1. The van der Waals surface area contributed by atoms with Crippen LogP contribution in [0.15, 0.2) is 41.2 Å². The minimum absolute atomic E-state index is 0.0138. The minimum atomic E-state index is 0.0138. The molecule has 1 aromatic heterocycles. The number of anilines is 1. The number of hydrogen-bond donors (Lipinski definition) is 3. The lowest BCUT2D eigenvalue weighted by atomic mass is 10.0. The van der Waals surface area contributed by atoms with Gasteiger partial charge in [0.15, 0.2) is 5.43 Å². The zero-order chi connectivity index (χ0) is 20.5. The molecule has 0 aliphatic heterocycles.